The Morgan fingerprint density at radius 2 is 2.04 bits per heavy atom. The number of carbonyl (C=O) groups is 2. The van der Waals surface area contributed by atoms with Crippen molar-refractivity contribution in [2.45, 2.75) is 78.1 Å². The highest BCUT2D eigenvalue weighted by molar-refractivity contribution is 6.30. The summed E-state index contributed by atoms with van der Waals surface area (Å²) >= 11 is 6.04. The number of amides is 2. The van der Waals surface area contributed by atoms with Gasteiger partial charge in [-0.1, -0.05) is 32.4 Å². The Labute approximate surface area is 171 Å². The maximum atomic E-state index is 12.6. The molecule has 0 unspecified atom stereocenters. The quantitative estimate of drug-likeness (QED) is 0.689. The minimum Gasteiger partial charge on any atom is -0.444 e. The molecule has 0 saturated carbocycles. The minimum absolute atomic E-state index is 0.0960. The fourth-order valence-electron chi connectivity index (χ4n) is 3.18. The number of aromatic nitrogens is 2. The van der Waals surface area contributed by atoms with Crippen molar-refractivity contribution in [3.8, 4) is 0 Å². The Balaban J connectivity index is 2.06. The first-order chi connectivity index (χ1) is 13.0. The van der Waals surface area contributed by atoms with Gasteiger partial charge in [-0.25, -0.2) is 9.78 Å². The molecule has 2 rings (SSSR count). The second-order valence-electron chi connectivity index (χ2n) is 8.43. The summed E-state index contributed by atoms with van der Waals surface area (Å²) in [5.74, 6) is -0.0902. The van der Waals surface area contributed by atoms with E-state index in [1.165, 1.54) is 0 Å². The lowest BCUT2D eigenvalue weighted by molar-refractivity contribution is 0.0159. The highest BCUT2D eigenvalue weighted by atomic mass is 35.5. The van der Waals surface area contributed by atoms with E-state index in [1.54, 1.807) is 4.90 Å². The Morgan fingerprint density at radius 1 is 1.36 bits per heavy atom. The summed E-state index contributed by atoms with van der Waals surface area (Å²) in [5, 5.41) is 6.80. The van der Waals surface area contributed by atoms with E-state index in [2.05, 4.69) is 20.6 Å². The molecule has 2 atom stereocenters. The molecule has 9 heteroatoms. The maximum Gasteiger partial charge on any atom is 0.410 e. The van der Waals surface area contributed by atoms with E-state index < -0.39 is 5.60 Å². The number of hydrogen-bond acceptors (Lipinski definition) is 5. The van der Waals surface area contributed by atoms with E-state index in [-0.39, 0.29) is 36.0 Å². The Kier molecular flexibility index (Phi) is 7.33. The van der Waals surface area contributed by atoms with E-state index >= 15 is 0 Å². The number of likely N-dealkylation sites (tertiary alicyclic amines) is 1. The van der Waals surface area contributed by atoms with Crippen LogP contribution in [-0.4, -0.2) is 63.7 Å². The number of nitrogens with zero attached hydrogens (tertiary/aromatic N) is 2. The number of rotatable bonds is 5. The van der Waals surface area contributed by atoms with Crippen molar-refractivity contribution in [3.63, 3.8) is 0 Å². The van der Waals surface area contributed by atoms with Gasteiger partial charge in [0.05, 0.1) is 5.69 Å². The topological polar surface area (TPSA) is 99.4 Å². The zero-order chi connectivity index (χ0) is 21.1. The van der Waals surface area contributed by atoms with Crippen LogP contribution in [0, 0.1) is 0 Å². The number of ether oxygens (including phenoxy) is 1. The molecule has 28 heavy (non-hydrogen) atoms. The lowest BCUT2D eigenvalue weighted by Crippen LogP contribution is -2.61. The fraction of sp³-hybridized carbons (Fsp3) is 0.737. The molecule has 1 saturated heterocycles. The van der Waals surface area contributed by atoms with Crippen molar-refractivity contribution in [3.05, 3.63) is 16.7 Å². The third-order valence-corrected chi connectivity index (χ3v) is 4.74. The molecule has 158 valence electrons. The second kappa shape index (κ2) is 9.13. The van der Waals surface area contributed by atoms with E-state index in [1.807, 2.05) is 41.5 Å². The molecule has 3 N–H and O–H groups in total. The van der Waals surface area contributed by atoms with Crippen LogP contribution < -0.4 is 10.6 Å². The highest BCUT2D eigenvalue weighted by Gasteiger charge is 2.35. The first-order valence-corrected chi connectivity index (χ1v) is 10.2. The van der Waals surface area contributed by atoms with Crippen LogP contribution >= 0.6 is 11.6 Å². The molecule has 1 aromatic rings. The number of halogens is 1. The zero-order valence-corrected chi connectivity index (χ0v) is 18.3. The number of aromatic amines is 1. The Morgan fingerprint density at radius 3 is 2.57 bits per heavy atom. The monoisotopic (exact) mass is 413 g/mol. The molecule has 1 aliphatic heterocycles. The molecule has 2 amide bonds. The lowest BCUT2D eigenvalue weighted by atomic mass is 9.98. The summed E-state index contributed by atoms with van der Waals surface area (Å²) in [6.45, 7) is 12.5. The van der Waals surface area contributed by atoms with Gasteiger partial charge in [0.1, 0.15) is 5.60 Å². The molecular formula is C19H32ClN5O3. The third kappa shape index (κ3) is 6.10. The lowest BCUT2D eigenvalue weighted by Gasteiger charge is -2.40. The second-order valence-corrected chi connectivity index (χ2v) is 8.79. The van der Waals surface area contributed by atoms with Gasteiger partial charge in [0.2, 0.25) is 0 Å². The predicted molar refractivity (Wildman–Crippen MR) is 109 cm³/mol. The number of aryl methyl sites for hydroxylation is 1. The van der Waals surface area contributed by atoms with Crippen LogP contribution in [0.4, 0.5) is 4.79 Å². The molecule has 8 nitrogen and oxygen atoms in total. The smallest absolute Gasteiger partial charge is 0.410 e. The fourth-order valence-corrected chi connectivity index (χ4v) is 3.45. The van der Waals surface area contributed by atoms with E-state index in [4.69, 9.17) is 16.3 Å². The van der Waals surface area contributed by atoms with Crippen LogP contribution in [0.1, 0.15) is 64.3 Å². The molecule has 0 spiro atoms. The van der Waals surface area contributed by atoms with Crippen LogP contribution in [0.3, 0.4) is 0 Å². The number of H-pyrrole nitrogens is 1. The Bertz CT molecular complexity index is 698. The van der Waals surface area contributed by atoms with Gasteiger partial charge >= 0.3 is 6.09 Å². The highest BCUT2D eigenvalue weighted by Crippen LogP contribution is 2.18. The van der Waals surface area contributed by atoms with Gasteiger partial charge in [0, 0.05) is 31.2 Å². The standard InChI is InChI=1S/C19H32ClN5O3/c1-7-12-15(20)24-16(22-12)17(26)23-13-8-9-25(10-14(13)21-11(2)3)18(27)28-19(4,5)6/h11,13-14,21H,7-10H2,1-6H3,(H,22,24)(H,23,26)/t13-,14-/m1/s1. The van der Waals surface area contributed by atoms with E-state index in [0.717, 1.165) is 5.69 Å². The van der Waals surface area contributed by atoms with Crippen LogP contribution in [0.25, 0.3) is 0 Å². The van der Waals surface area contributed by atoms with Gasteiger partial charge in [0.25, 0.3) is 5.91 Å². The molecule has 2 heterocycles. The normalized spacial score (nSPS) is 20.4. The average molecular weight is 414 g/mol. The average Bonchev–Trinajstić information content (AvgIpc) is 2.95. The van der Waals surface area contributed by atoms with E-state index in [9.17, 15) is 9.59 Å². The number of carbonyl (C=O) groups excluding carboxylic acids is 2. The van der Waals surface area contributed by atoms with Crippen molar-refractivity contribution in [1.29, 1.82) is 0 Å². The minimum atomic E-state index is -0.543. The van der Waals surface area contributed by atoms with Gasteiger partial charge in [-0.05, 0) is 33.6 Å². The van der Waals surface area contributed by atoms with Gasteiger partial charge in [-0.2, -0.15) is 0 Å². The van der Waals surface area contributed by atoms with Crippen LogP contribution in [0.2, 0.25) is 5.15 Å². The Hall–Kier alpha value is -1.80. The zero-order valence-electron chi connectivity index (χ0n) is 17.6. The molecule has 0 radical (unpaired) electrons. The summed E-state index contributed by atoms with van der Waals surface area (Å²) in [5.41, 5.74) is 0.196. The summed E-state index contributed by atoms with van der Waals surface area (Å²) in [7, 11) is 0. The first-order valence-electron chi connectivity index (χ1n) is 9.79. The van der Waals surface area contributed by atoms with Crippen molar-refractivity contribution in [2.24, 2.45) is 0 Å². The third-order valence-electron chi connectivity index (χ3n) is 4.43. The van der Waals surface area contributed by atoms with Gasteiger partial charge in [0.15, 0.2) is 11.0 Å². The molecule has 0 aliphatic carbocycles. The SMILES string of the molecule is CCc1[nH]c(C(=O)N[C@@H]2CCN(C(=O)OC(C)(C)C)C[C@H]2NC(C)C)nc1Cl. The summed E-state index contributed by atoms with van der Waals surface area (Å²) < 4.78 is 5.49. The summed E-state index contributed by atoms with van der Waals surface area (Å²) in [6, 6.07) is -0.0309. The summed E-state index contributed by atoms with van der Waals surface area (Å²) in [6.07, 6.45) is 0.952. The van der Waals surface area contributed by atoms with Gasteiger partial charge in [-0.3, -0.25) is 4.79 Å². The number of hydrogen-bond donors (Lipinski definition) is 3. The molecule has 0 bridgehead atoms. The number of nitrogens with one attached hydrogen (secondary N) is 3. The van der Waals surface area contributed by atoms with Crippen LogP contribution in [0.15, 0.2) is 0 Å². The first kappa shape index (κ1) is 22.5. The van der Waals surface area contributed by atoms with Crippen molar-refractivity contribution >= 4 is 23.6 Å². The number of piperidine rings is 1. The predicted octanol–water partition coefficient (Wildman–Crippen LogP) is 2.73. The van der Waals surface area contributed by atoms with Gasteiger partial charge in [-0.15, -0.1) is 0 Å². The van der Waals surface area contributed by atoms with Crippen molar-refractivity contribution in [1.82, 2.24) is 25.5 Å². The largest absolute Gasteiger partial charge is 0.444 e. The molecule has 0 aromatic carbocycles. The number of imidazole rings is 1. The molecular weight excluding hydrogens is 382 g/mol. The van der Waals surface area contributed by atoms with Crippen molar-refractivity contribution in [2.75, 3.05) is 13.1 Å². The maximum absolute atomic E-state index is 12.6. The van der Waals surface area contributed by atoms with Crippen LogP contribution in [-0.2, 0) is 11.2 Å². The van der Waals surface area contributed by atoms with Crippen molar-refractivity contribution < 1.29 is 14.3 Å². The van der Waals surface area contributed by atoms with Crippen LogP contribution in [0.5, 0.6) is 0 Å². The van der Waals surface area contributed by atoms with E-state index in [0.29, 0.717) is 31.1 Å². The summed E-state index contributed by atoms with van der Waals surface area (Å²) in [4.78, 5) is 33.8. The molecule has 1 fully saturated rings. The van der Waals surface area contributed by atoms with Gasteiger partial charge < -0.3 is 25.3 Å². The molecule has 1 aliphatic rings. The molecule has 1 aromatic heterocycles.